The van der Waals surface area contributed by atoms with Crippen LogP contribution in [0.2, 0.25) is 0 Å². The minimum absolute atomic E-state index is 0.548. The highest BCUT2D eigenvalue weighted by Gasteiger charge is 2.22. The molecule has 0 amide bonds. The molecule has 1 saturated heterocycles. The highest BCUT2D eigenvalue weighted by Crippen LogP contribution is 2.31. The highest BCUT2D eigenvalue weighted by atomic mass is 16.3. The summed E-state index contributed by atoms with van der Waals surface area (Å²) in [6.45, 7) is 2.92. The van der Waals surface area contributed by atoms with Crippen molar-refractivity contribution in [2.24, 2.45) is 0 Å². The number of piperidine rings is 1. The van der Waals surface area contributed by atoms with Gasteiger partial charge in [-0.1, -0.05) is 24.1 Å². The van der Waals surface area contributed by atoms with Crippen molar-refractivity contribution < 1.29 is 4.42 Å². The molecule has 2 nitrogen and oxygen atoms in total. The summed E-state index contributed by atoms with van der Waals surface area (Å²) in [6.07, 6.45) is 7.63. The van der Waals surface area contributed by atoms with Crippen LogP contribution in [0, 0.1) is 12.3 Å². The van der Waals surface area contributed by atoms with E-state index in [1.807, 2.05) is 12.1 Å². The second-order valence-corrected chi connectivity index (χ2v) is 4.94. The Bertz CT molecular complexity index is 537. The van der Waals surface area contributed by atoms with Crippen LogP contribution in [0.15, 0.2) is 34.7 Å². The minimum Gasteiger partial charge on any atom is -0.461 e. The molecule has 2 aromatic rings. The summed E-state index contributed by atoms with van der Waals surface area (Å²) in [5, 5.41) is 1.21. The Kier molecular flexibility index (Phi) is 3.08. The molecule has 0 radical (unpaired) electrons. The van der Waals surface area contributed by atoms with Crippen LogP contribution in [0.25, 0.3) is 11.0 Å². The molecule has 0 bridgehead atoms. The van der Waals surface area contributed by atoms with E-state index in [1.54, 1.807) is 0 Å². The molecule has 1 aromatic heterocycles. The fourth-order valence-corrected chi connectivity index (χ4v) is 2.71. The Morgan fingerprint density at radius 3 is 2.78 bits per heavy atom. The van der Waals surface area contributed by atoms with Crippen LogP contribution in [-0.2, 0) is 0 Å². The van der Waals surface area contributed by atoms with Gasteiger partial charge in [-0.15, -0.1) is 6.42 Å². The van der Waals surface area contributed by atoms with Crippen molar-refractivity contribution in [3.8, 4) is 12.3 Å². The Labute approximate surface area is 108 Å². The van der Waals surface area contributed by atoms with Gasteiger partial charge in [0.05, 0.1) is 6.54 Å². The molecule has 1 fully saturated rings. The van der Waals surface area contributed by atoms with E-state index in [1.165, 1.54) is 5.39 Å². The van der Waals surface area contributed by atoms with E-state index in [-0.39, 0.29) is 0 Å². The first-order valence-corrected chi connectivity index (χ1v) is 6.51. The first-order valence-electron chi connectivity index (χ1n) is 6.51. The van der Waals surface area contributed by atoms with Gasteiger partial charge in [0.1, 0.15) is 11.3 Å². The lowest BCUT2D eigenvalue weighted by molar-refractivity contribution is 0.225. The van der Waals surface area contributed by atoms with Gasteiger partial charge >= 0.3 is 0 Å². The third kappa shape index (κ3) is 2.14. The van der Waals surface area contributed by atoms with Gasteiger partial charge in [-0.3, -0.25) is 4.90 Å². The number of fused-ring (bicyclic) bond motifs is 1. The first-order chi connectivity index (χ1) is 8.86. The summed E-state index contributed by atoms with van der Waals surface area (Å²) in [5.74, 6) is 4.40. The second kappa shape index (κ2) is 4.88. The predicted molar refractivity (Wildman–Crippen MR) is 73.5 cm³/mol. The predicted octanol–water partition coefficient (Wildman–Crippen LogP) is 3.25. The van der Waals surface area contributed by atoms with E-state index >= 15 is 0 Å². The zero-order valence-electron chi connectivity index (χ0n) is 10.4. The smallest absolute Gasteiger partial charge is 0.134 e. The van der Waals surface area contributed by atoms with Crippen molar-refractivity contribution >= 4 is 11.0 Å². The zero-order valence-corrected chi connectivity index (χ0v) is 10.4. The van der Waals surface area contributed by atoms with Gasteiger partial charge in [-0.2, -0.15) is 0 Å². The van der Waals surface area contributed by atoms with Gasteiger partial charge in [0.2, 0.25) is 0 Å². The van der Waals surface area contributed by atoms with Crippen molar-refractivity contribution in [1.82, 2.24) is 4.90 Å². The lowest BCUT2D eigenvalue weighted by Gasteiger charge is -2.29. The van der Waals surface area contributed by atoms with Gasteiger partial charge in [-0.05, 0) is 38.1 Å². The molecule has 0 aliphatic carbocycles. The quantitative estimate of drug-likeness (QED) is 0.748. The molecule has 2 heteroatoms. The number of hydrogen-bond donors (Lipinski definition) is 0. The molecule has 1 aliphatic heterocycles. The van der Waals surface area contributed by atoms with E-state index in [9.17, 15) is 0 Å². The van der Waals surface area contributed by atoms with E-state index in [0.29, 0.717) is 5.92 Å². The van der Waals surface area contributed by atoms with Gasteiger partial charge in [0.15, 0.2) is 0 Å². The second-order valence-electron chi connectivity index (χ2n) is 4.94. The fraction of sp³-hybridized carbons (Fsp3) is 0.375. The van der Waals surface area contributed by atoms with Crippen molar-refractivity contribution in [1.29, 1.82) is 0 Å². The lowest BCUT2D eigenvalue weighted by Crippen LogP contribution is -2.33. The lowest BCUT2D eigenvalue weighted by atomic mass is 9.94. The SMILES string of the molecule is C#CCN1CCC(c2cc3ccccc3o2)CC1. The molecule has 0 atom stereocenters. The molecule has 0 N–H and O–H groups in total. The number of terminal acetylenes is 1. The van der Waals surface area contributed by atoms with Crippen LogP contribution >= 0.6 is 0 Å². The highest BCUT2D eigenvalue weighted by molar-refractivity contribution is 5.77. The average molecular weight is 239 g/mol. The monoisotopic (exact) mass is 239 g/mol. The van der Waals surface area contributed by atoms with E-state index in [2.05, 4.69) is 29.0 Å². The topological polar surface area (TPSA) is 16.4 Å². The van der Waals surface area contributed by atoms with Crippen molar-refractivity contribution in [2.75, 3.05) is 19.6 Å². The first kappa shape index (κ1) is 11.4. The number of benzene rings is 1. The Morgan fingerprint density at radius 2 is 2.06 bits per heavy atom. The Morgan fingerprint density at radius 1 is 1.28 bits per heavy atom. The molecule has 3 rings (SSSR count). The molecule has 18 heavy (non-hydrogen) atoms. The molecule has 0 saturated carbocycles. The largest absolute Gasteiger partial charge is 0.461 e. The summed E-state index contributed by atoms with van der Waals surface area (Å²) in [4.78, 5) is 2.33. The van der Waals surface area contributed by atoms with Crippen LogP contribution in [-0.4, -0.2) is 24.5 Å². The molecule has 1 aromatic carbocycles. The molecule has 1 aliphatic rings. The summed E-state index contributed by atoms with van der Waals surface area (Å²) < 4.78 is 5.94. The molecule has 0 unspecified atom stereocenters. The van der Waals surface area contributed by atoms with Crippen LogP contribution < -0.4 is 0 Å². The molecule has 92 valence electrons. The van der Waals surface area contributed by atoms with Crippen molar-refractivity contribution in [2.45, 2.75) is 18.8 Å². The van der Waals surface area contributed by atoms with Crippen LogP contribution in [0.5, 0.6) is 0 Å². The van der Waals surface area contributed by atoms with Crippen LogP contribution in [0.3, 0.4) is 0 Å². The summed E-state index contributed by atoms with van der Waals surface area (Å²) in [6, 6.07) is 10.4. The van der Waals surface area contributed by atoms with Gasteiger partial charge in [0, 0.05) is 11.3 Å². The number of para-hydroxylation sites is 1. The molecular formula is C16H17NO. The maximum absolute atomic E-state index is 5.94. The fourth-order valence-electron chi connectivity index (χ4n) is 2.71. The third-order valence-electron chi connectivity index (χ3n) is 3.75. The molecule has 2 heterocycles. The summed E-state index contributed by atoms with van der Waals surface area (Å²) in [7, 11) is 0. The van der Waals surface area contributed by atoms with Gasteiger partial charge < -0.3 is 4.42 Å². The number of furan rings is 1. The van der Waals surface area contributed by atoms with E-state index < -0.39 is 0 Å². The standard InChI is InChI=1S/C16H17NO/c1-2-9-17-10-7-13(8-11-17)16-12-14-5-3-4-6-15(14)18-16/h1,3-6,12-13H,7-11H2. The Hall–Kier alpha value is -1.72. The van der Waals surface area contributed by atoms with E-state index in [0.717, 1.165) is 43.8 Å². The maximum Gasteiger partial charge on any atom is 0.134 e. The molecular weight excluding hydrogens is 222 g/mol. The number of nitrogens with zero attached hydrogens (tertiary/aromatic N) is 1. The zero-order chi connectivity index (χ0) is 12.4. The van der Waals surface area contributed by atoms with Crippen molar-refractivity contribution in [3.05, 3.63) is 36.1 Å². The number of rotatable bonds is 2. The van der Waals surface area contributed by atoms with Gasteiger partial charge in [0.25, 0.3) is 0 Å². The van der Waals surface area contributed by atoms with Crippen molar-refractivity contribution in [3.63, 3.8) is 0 Å². The number of likely N-dealkylation sites (tertiary alicyclic amines) is 1. The van der Waals surface area contributed by atoms with Crippen LogP contribution in [0.4, 0.5) is 0 Å². The minimum atomic E-state index is 0.548. The maximum atomic E-state index is 5.94. The average Bonchev–Trinajstić information content (AvgIpc) is 2.84. The molecule has 0 spiro atoms. The van der Waals surface area contributed by atoms with Crippen LogP contribution in [0.1, 0.15) is 24.5 Å². The summed E-state index contributed by atoms with van der Waals surface area (Å²) in [5.41, 5.74) is 0.999. The van der Waals surface area contributed by atoms with Gasteiger partial charge in [-0.25, -0.2) is 0 Å². The number of hydrogen-bond acceptors (Lipinski definition) is 2. The Balaban J connectivity index is 1.74. The third-order valence-corrected chi connectivity index (χ3v) is 3.75. The summed E-state index contributed by atoms with van der Waals surface area (Å²) >= 11 is 0. The normalized spacial score (nSPS) is 17.9. The van der Waals surface area contributed by atoms with E-state index in [4.69, 9.17) is 10.8 Å².